The van der Waals surface area contributed by atoms with Crippen LogP contribution in [-0.4, -0.2) is 24.5 Å². The quantitative estimate of drug-likeness (QED) is 0.661. The Morgan fingerprint density at radius 3 is 2.57 bits per heavy atom. The van der Waals surface area contributed by atoms with Crippen LogP contribution in [0.25, 0.3) is 0 Å². The highest BCUT2D eigenvalue weighted by atomic mass is 16.1. The lowest BCUT2D eigenvalue weighted by Gasteiger charge is -2.31. The van der Waals surface area contributed by atoms with Crippen LogP contribution in [-0.2, 0) is 4.79 Å². The summed E-state index contributed by atoms with van der Waals surface area (Å²) in [5, 5.41) is 6.67. The number of hydrogen-bond donors (Lipinski definition) is 2. The maximum atomic E-state index is 11.4. The van der Waals surface area contributed by atoms with Gasteiger partial charge in [-0.05, 0) is 32.2 Å². The zero-order valence-corrected chi connectivity index (χ0v) is 8.72. The summed E-state index contributed by atoms with van der Waals surface area (Å²) in [4.78, 5) is 11.4. The molecule has 2 atom stereocenters. The molecule has 2 aliphatic rings. The van der Waals surface area contributed by atoms with Gasteiger partial charge in [0, 0.05) is 18.5 Å². The molecule has 0 radical (unpaired) electrons. The van der Waals surface area contributed by atoms with Crippen LogP contribution in [0, 0.1) is 0 Å². The second-order valence-corrected chi connectivity index (χ2v) is 4.48. The summed E-state index contributed by atoms with van der Waals surface area (Å²) in [6.07, 6.45) is 7.97. The van der Waals surface area contributed by atoms with Crippen LogP contribution in [0.3, 0.4) is 0 Å². The van der Waals surface area contributed by atoms with Crippen LogP contribution in [0.2, 0.25) is 0 Å². The van der Waals surface area contributed by atoms with E-state index in [1.807, 2.05) is 0 Å². The highest BCUT2D eigenvalue weighted by molar-refractivity contribution is 5.76. The van der Waals surface area contributed by atoms with Gasteiger partial charge in [0.15, 0.2) is 0 Å². The number of amides is 1. The molecular formula is C11H20N2O. The molecule has 0 bridgehead atoms. The summed E-state index contributed by atoms with van der Waals surface area (Å²) in [6.45, 7) is 1.12. The van der Waals surface area contributed by atoms with Crippen molar-refractivity contribution in [1.29, 1.82) is 0 Å². The van der Waals surface area contributed by atoms with E-state index in [0.717, 1.165) is 25.8 Å². The number of nitrogens with one attached hydrogen (secondary N) is 2. The zero-order chi connectivity index (χ0) is 9.80. The first-order valence-corrected chi connectivity index (χ1v) is 5.89. The van der Waals surface area contributed by atoms with E-state index >= 15 is 0 Å². The summed E-state index contributed by atoms with van der Waals surface area (Å²) in [7, 11) is 0. The van der Waals surface area contributed by atoms with Gasteiger partial charge in [0.2, 0.25) is 5.91 Å². The van der Waals surface area contributed by atoms with E-state index in [2.05, 4.69) is 10.6 Å². The van der Waals surface area contributed by atoms with Crippen LogP contribution in [0.5, 0.6) is 0 Å². The molecule has 2 heterocycles. The normalized spacial score (nSPS) is 34.7. The van der Waals surface area contributed by atoms with Gasteiger partial charge in [-0.2, -0.15) is 0 Å². The number of carbonyl (C=O) groups excluding carboxylic acids is 1. The lowest BCUT2D eigenvalue weighted by Crippen LogP contribution is -2.50. The minimum Gasteiger partial charge on any atom is -0.352 e. The number of piperidine rings is 1. The third kappa shape index (κ3) is 2.47. The third-order valence-corrected chi connectivity index (χ3v) is 3.35. The summed E-state index contributed by atoms with van der Waals surface area (Å²) >= 11 is 0. The number of hydrogen-bond acceptors (Lipinski definition) is 2. The highest BCUT2D eigenvalue weighted by Gasteiger charge is 2.25. The van der Waals surface area contributed by atoms with Crippen LogP contribution in [0.1, 0.15) is 44.9 Å². The van der Waals surface area contributed by atoms with Crippen LogP contribution >= 0.6 is 0 Å². The molecule has 2 aliphatic heterocycles. The van der Waals surface area contributed by atoms with E-state index in [-0.39, 0.29) is 5.91 Å². The second kappa shape index (κ2) is 4.78. The molecule has 0 spiro atoms. The average molecular weight is 196 g/mol. The Kier molecular flexibility index (Phi) is 3.40. The van der Waals surface area contributed by atoms with Crippen molar-refractivity contribution < 1.29 is 4.79 Å². The Hall–Kier alpha value is -0.570. The second-order valence-electron chi connectivity index (χ2n) is 4.48. The fourth-order valence-corrected chi connectivity index (χ4v) is 2.52. The Morgan fingerprint density at radius 1 is 1.00 bits per heavy atom. The predicted molar refractivity (Wildman–Crippen MR) is 56.0 cm³/mol. The van der Waals surface area contributed by atoms with Crippen molar-refractivity contribution in [3.63, 3.8) is 0 Å². The van der Waals surface area contributed by atoms with Crippen LogP contribution in [0.15, 0.2) is 0 Å². The van der Waals surface area contributed by atoms with Gasteiger partial charge in [-0.3, -0.25) is 4.79 Å². The van der Waals surface area contributed by atoms with E-state index in [1.54, 1.807) is 0 Å². The van der Waals surface area contributed by atoms with E-state index in [0.29, 0.717) is 12.1 Å². The zero-order valence-electron chi connectivity index (χ0n) is 8.72. The number of rotatable bonds is 1. The van der Waals surface area contributed by atoms with Gasteiger partial charge >= 0.3 is 0 Å². The van der Waals surface area contributed by atoms with Gasteiger partial charge in [0.05, 0.1) is 0 Å². The predicted octanol–water partition coefficient (Wildman–Crippen LogP) is 1.19. The maximum absolute atomic E-state index is 11.4. The van der Waals surface area contributed by atoms with E-state index in [4.69, 9.17) is 0 Å². The third-order valence-electron chi connectivity index (χ3n) is 3.35. The molecule has 3 nitrogen and oxygen atoms in total. The minimum atomic E-state index is 0.250. The molecule has 3 heteroatoms. The standard InChI is InChI=1S/C11H20N2O/c14-11-7-2-1-6-10(13-11)9-5-3-4-8-12-9/h9-10,12H,1-8H2,(H,13,14)/t9-,10+/m0/s1. The van der Waals surface area contributed by atoms with Crippen molar-refractivity contribution >= 4 is 5.91 Å². The Morgan fingerprint density at radius 2 is 1.79 bits per heavy atom. The fraction of sp³-hybridized carbons (Fsp3) is 0.909. The van der Waals surface area contributed by atoms with Crippen molar-refractivity contribution in [2.75, 3.05) is 6.54 Å². The molecule has 0 aromatic rings. The molecular weight excluding hydrogens is 176 g/mol. The Labute approximate surface area is 85.6 Å². The largest absolute Gasteiger partial charge is 0.352 e. The van der Waals surface area contributed by atoms with Gasteiger partial charge in [0.1, 0.15) is 0 Å². The molecule has 14 heavy (non-hydrogen) atoms. The lowest BCUT2D eigenvalue weighted by atomic mass is 9.95. The molecule has 0 aromatic heterocycles. The monoisotopic (exact) mass is 196 g/mol. The SMILES string of the molecule is O=C1CCCC[C@H]([C@@H]2CCCCN2)N1. The van der Waals surface area contributed by atoms with Crippen LogP contribution in [0.4, 0.5) is 0 Å². The van der Waals surface area contributed by atoms with Gasteiger partial charge in [-0.1, -0.05) is 12.8 Å². The van der Waals surface area contributed by atoms with E-state index < -0.39 is 0 Å². The van der Waals surface area contributed by atoms with Crippen molar-refractivity contribution in [2.24, 2.45) is 0 Å². The Bertz CT molecular complexity index is 199. The van der Waals surface area contributed by atoms with Crippen molar-refractivity contribution in [3.8, 4) is 0 Å². The summed E-state index contributed by atoms with van der Waals surface area (Å²) in [5.74, 6) is 0.250. The van der Waals surface area contributed by atoms with Gasteiger partial charge in [0.25, 0.3) is 0 Å². The first-order valence-electron chi connectivity index (χ1n) is 5.89. The molecule has 2 saturated heterocycles. The van der Waals surface area contributed by atoms with Crippen molar-refractivity contribution in [2.45, 2.75) is 57.0 Å². The Balaban J connectivity index is 1.90. The molecule has 0 saturated carbocycles. The highest BCUT2D eigenvalue weighted by Crippen LogP contribution is 2.17. The van der Waals surface area contributed by atoms with Gasteiger partial charge in [-0.15, -0.1) is 0 Å². The minimum absolute atomic E-state index is 0.250. The van der Waals surface area contributed by atoms with E-state index in [1.165, 1.54) is 25.7 Å². The molecule has 0 unspecified atom stereocenters. The van der Waals surface area contributed by atoms with Gasteiger partial charge < -0.3 is 10.6 Å². The van der Waals surface area contributed by atoms with Gasteiger partial charge in [-0.25, -0.2) is 0 Å². The molecule has 0 aliphatic carbocycles. The van der Waals surface area contributed by atoms with Crippen molar-refractivity contribution in [1.82, 2.24) is 10.6 Å². The molecule has 2 N–H and O–H groups in total. The molecule has 80 valence electrons. The fourth-order valence-electron chi connectivity index (χ4n) is 2.52. The molecule has 1 amide bonds. The van der Waals surface area contributed by atoms with E-state index in [9.17, 15) is 4.79 Å². The van der Waals surface area contributed by atoms with Crippen molar-refractivity contribution in [3.05, 3.63) is 0 Å². The lowest BCUT2D eigenvalue weighted by molar-refractivity contribution is -0.121. The summed E-state index contributed by atoms with van der Waals surface area (Å²) in [6, 6.07) is 0.927. The molecule has 2 rings (SSSR count). The topological polar surface area (TPSA) is 41.1 Å². The first kappa shape index (κ1) is 9.97. The molecule has 2 fully saturated rings. The molecule has 0 aromatic carbocycles. The summed E-state index contributed by atoms with van der Waals surface area (Å²) in [5.41, 5.74) is 0. The smallest absolute Gasteiger partial charge is 0.220 e. The number of carbonyl (C=O) groups is 1. The maximum Gasteiger partial charge on any atom is 0.220 e. The average Bonchev–Trinajstić information content (AvgIpc) is 2.44. The summed E-state index contributed by atoms with van der Waals surface area (Å²) < 4.78 is 0. The first-order chi connectivity index (χ1) is 6.86. The van der Waals surface area contributed by atoms with Crippen LogP contribution < -0.4 is 10.6 Å².